The molecule has 172 valence electrons. The number of aromatic nitrogens is 2. The van der Waals surface area contributed by atoms with Crippen LogP contribution in [0, 0.1) is 6.92 Å². The van der Waals surface area contributed by atoms with Crippen LogP contribution in [0.2, 0.25) is 0 Å². The summed E-state index contributed by atoms with van der Waals surface area (Å²) in [5.74, 6) is 0.372. The lowest BCUT2D eigenvalue weighted by Gasteiger charge is -2.09. The van der Waals surface area contributed by atoms with Crippen LogP contribution in [0.25, 0.3) is 27.7 Å². The minimum absolute atomic E-state index is 0.279. The Bertz CT molecular complexity index is 1530. The van der Waals surface area contributed by atoms with Crippen LogP contribution in [0.5, 0.6) is 5.75 Å². The normalized spacial score (nSPS) is 11.1. The molecule has 1 amide bonds. The summed E-state index contributed by atoms with van der Waals surface area (Å²) in [5, 5.41) is 11.0. The molecule has 5 aromatic rings. The fourth-order valence-electron chi connectivity index (χ4n) is 3.92. The largest absolute Gasteiger partial charge is 0.497 e. The summed E-state index contributed by atoms with van der Waals surface area (Å²) < 4.78 is 6.97. The van der Waals surface area contributed by atoms with E-state index in [9.17, 15) is 4.79 Å². The van der Waals surface area contributed by atoms with Crippen LogP contribution in [-0.4, -0.2) is 29.0 Å². The maximum absolute atomic E-state index is 12.9. The maximum Gasteiger partial charge on any atom is 0.291 e. The first-order chi connectivity index (χ1) is 17.1. The Labute approximate surface area is 203 Å². The van der Waals surface area contributed by atoms with Gasteiger partial charge in [0.15, 0.2) is 5.69 Å². The SMILES string of the molecule is COc1ccc(/C=N\NC(=O)c2cc(-c3ccc4ccccc4c3)n(-c3cccc(C)c3)n2)cc1. The summed E-state index contributed by atoms with van der Waals surface area (Å²) in [4.78, 5) is 12.9. The fourth-order valence-corrected chi connectivity index (χ4v) is 3.92. The van der Waals surface area contributed by atoms with Crippen molar-refractivity contribution in [1.29, 1.82) is 0 Å². The highest BCUT2D eigenvalue weighted by Crippen LogP contribution is 2.28. The van der Waals surface area contributed by atoms with E-state index in [1.807, 2.05) is 67.6 Å². The first-order valence-corrected chi connectivity index (χ1v) is 11.2. The minimum Gasteiger partial charge on any atom is -0.497 e. The van der Waals surface area contributed by atoms with Gasteiger partial charge in [-0.1, -0.05) is 48.5 Å². The van der Waals surface area contributed by atoms with Crippen molar-refractivity contribution in [1.82, 2.24) is 15.2 Å². The average Bonchev–Trinajstić information content (AvgIpc) is 3.35. The van der Waals surface area contributed by atoms with Crippen molar-refractivity contribution < 1.29 is 9.53 Å². The molecule has 6 nitrogen and oxygen atoms in total. The van der Waals surface area contributed by atoms with Gasteiger partial charge in [0.2, 0.25) is 0 Å². The summed E-state index contributed by atoms with van der Waals surface area (Å²) in [5.41, 5.74) is 7.49. The van der Waals surface area contributed by atoms with Crippen molar-refractivity contribution in [2.45, 2.75) is 6.92 Å². The van der Waals surface area contributed by atoms with Gasteiger partial charge in [0.25, 0.3) is 5.91 Å². The second-order valence-corrected chi connectivity index (χ2v) is 8.20. The average molecular weight is 461 g/mol. The van der Waals surface area contributed by atoms with Gasteiger partial charge in [0, 0.05) is 5.56 Å². The van der Waals surface area contributed by atoms with Gasteiger partial charge in [-0.2, -0.15) is 10.2 Å². The summed E-state index contributed by atoms with van der Waals surface area (Å²) in [7, 11) is 1.62. The third-order valence-corrected chi connectivity index (χ3v) is 5.73. The van der Waals surface area contributed by atoms with E-state index in [0.717, 1.165) is 44.6 Å². The fraction of sp³-hybridized carbons (Fsp3) is 0.0690. The van der Waals surface area contributed by atoms with Crippen LogP contribution in [0.4, 0.5) is 0 Å². The van der Waals surface area contributed by atoms with Crippen LogP contribution < -0.4 is 10.2 Å². The first kappa shape index (κ1) is 22.1. The van der Waals surface area contributed by atoms with Crippen molar-refractivity contribution in [2.75, 3.05) is 7.11 Å². The lowest BCUT2D eigenvalue weighted by molar-refractivity contribution is 0.0949. The van der Waals surface area contributed by atoms with Crippen molar-refractivity contribution in [2.24, 2.45) is 5.10 Å². The number of rotatable bonds is 6. The van der Waals surface area contributed by atoms with Gasteiger partial charge in [0.1, 0.15) is 5.75 Å². The Morgan fingerprint density at radius 1 is 0.914 bits per heavy atom. The summed E-state index contributed by atoms with van der Waals surface area (Å²) in [6.07, 6.45) is 1.58. The number of ether oxygens (including phenoxy) is 1. The molecule has 0 aliphatic heterocycles. The van der Waals surface area contributed by atoms with Crippen LogP contribution in [0.3, 0.4) is 0 Å². The predicted molar refractivity (Wildman–Crippen MR) is 139 cm³/mol. The van der Waals surface area contributed by atoms with E-state index in [1.165, 1.54) is 0 Å². The maximum atomic E-state index is 12.9. The van der Waals surface area contributed by atoms with Gasteiger partial charge in [-0.3, -0.25) is 4.79 Å². The molecule has 0 fully saturated rings. The van der Waals surface area contributed by atoms with E-state index in [4.69, 9.17) is 4.74 Å². The number of nitrogens with one attached hydrogen (secondary N) is 1. The number of aryl methyl sites for hydroxylation is 1. The molecule has 6 heteroatoms. The van der Waals surface area contributed by atoms with E-state index in [-0.39, 0.29) is 11.6 Å². The Morgan fingerprint density at radius 3 is 2.49 bits per heavy atom. The second kappa shape index (κ2) is 9.65. The Kier molecular flexibility index (Phi) is 6.09. The molecule has 1 heterocycles. The molecule has 0 saturated carbocycles. The number of amides is 1. The zero-order valence-corrected chi connectivity index (χ0v) is 19.5. The number of methoxy groups -OCH3 is 1. The van der Waals surface area contributed by atoms with Crippen LogP contribution in [-0.2, 0) is 0 Å². The van der Waals surface area contributed by atoms with E-state index in [1.54, 1.807) is 24.1 Å². The molecular formula is C29H24N4O2. The predicted octanol–water partition coefficient (Wildman–Crippen LogP) is 5.77. The molecular weight excluding hydrogens is 436 g/mol. The lowest BCUT2D eigenvalue weighted by Crippen LogP contribution is -2.18. The highest BCUT2D eigenvalue weighted by atomic mass is 16.5. The smallest absolute Gasteiger partial charge is 0.291 e. The molecule has 1 N–H and O–H groups in total. The molecule has 0 aliphatic rings. The molecule has 0 atom stereocenters. The summed E-state index contributed by atoms with van der Waals surface area (Å²) in [6, 6.07) is 31.7. The van der Waals surface area contributed by atoms with Crippen molar-refractivity contribution in [3.8, 4) is 22.7 Å². The van der Waals surface area contributed by atoms with Gasteiger partial charge in [0.05, 0.1) is 24.7 Å². The van der Waals surface area contributed by atoms with E-state index >= 15 is 0 Å². The molecule has 0 aliphatic carbocycles. The van der Waals surface area contributed by atoms with E-state index < -0.39 is 0 Å². The molecule has 0 spiro atoms. The van der Waals surface area contributed by atoms with Gasteiger partial charge < -0.3 is 4.74 Å². The third kappa shape index (κ3) is 4.82. The highest BCUT2D eigenvalue weighted by molar-refractivity contribution is 5.95. The van der Waals surface area contributed by atoms with Gasteiger partial charge in [-0.05, 0) is 77.4 Å². The lowest BCUT2D eigenvalue weighted by atomic mass is 10.0. The van der Waals surface area contributed by atoms with E-state index in [0.29, 0.717) is 0 Å². The quantitative estimate of drug-likeness (QED) is 0.258. The minimum atomic E-state index is -0.386. The van der Waals surface area contributed by atoms with Gasteiger partial charge in [-0.25, -0.2) is 10.1 Å². The van der Waals surface area contributed by atoms with Crippen LogP contribution in [0.15, 0.2) is 102 Å². The number of hydrogen-bond donors (Lipinski definition) is 1. The second-order valence-electron chi connectivity index (χ2n) is 8.20. The first-order valence-electron chi connectivity index (χ1n) is 11.2. The Morgan fingerprint density at radius 2 is 1.71 bits per heavy atom. The number of hydrazone groups is 1. The van der Waals surface area contributed by atoms with Crippen LogP contribution >= 0.6 is 0 Å². The molecule has 1 aromatic heterocycles. The van der Waals surface area contributed by atoms with Crippen LogP contribution in [0.1, 0.15) is 21.6 Å². The van der Waals surface area contributed by atoms with Crippen molar-refractivity contribution in [3.63, 3.8) is 0 Å². The number of hydrogen-bond acceptors (Lipinski definition) is 4. The standard InChI is InChI=1S/C29H24N4O2/c1-20-6-5-9-25(16-20)33-28(24-13-12-22-7-3-4-8-23(22)17-24)18-27(32-33)29(34)31-30-19-21-10-14-26(35-2)15-11-21/h3-19H,1-2H3,(H,31,34)/b30-19-. The summed E-state index contributed by atoms with van der Waals surface area (Å²) in [6.45, 7) is 2.03. The van der Waals surface area contributed by atoms with Gasteiger partial charge in [-0.15, -0.1) is 0 Å². The van der Waals surface area contributed by atoms with Gasteiger partial charge >= 0.3 is 0 Å². The number of benzene rings is 4. The zero-order chi connectivity index (χ0) is 24.2. The Balaban J connectivity index is 1.48. The molecule has 35 heavy (non-hydrogen) atoms. The number of carbonyl (C=O) groups is 1. The highest BCUT2D eigenvalue weighted by Gasteiger charge is 2.17. The third-order valence-electron chi connectivity index (χ3n) is 5.73. The molecule has 0 bridgehead atoms. The van der Waals surface area contributed by atoms with Crippen molar-refractivity contribution in [3.05, 3.63) is 114 Å². The number of fused-ring (bicyclic) bond motifs is 1. The number of carbonyl (C=O) groups excluding carboxylic acids is 1. The number of nitrogens with zero attached hydrogens (tertiary/aromatic N) is 3. The van der Waals surface area contributed by atoms with Crippen molar-refractivity contribution >= 4 is 22.9 Å². The molecule has 0 radical (unpaired) electrons. The zero-order valence-electron chi connectivity index (χ0n) is 19.5. The van der Waals surface area contributed by atoms with E-state index in [2.05, 4.69) is 46.0 Å². The summed E-state index contributed by atoms with van der Waals surface area (Å²) >= 11 is 0. The molecule has 5 rings (SSSR count). The Hall–Kier alpha value is -4.71. The molecule has 0 unspecified atom stereocenters. The molecule has 0 saturated heterocycles. The monoisotopic (exact) mass is 460 g/mol. The topological polar surface area (TPSA) is 68.5 Å². The molecule has 4 aromatic carbocycles.